The summed E-state index contributed by atoms with van der Waals surface area (Å²) in [5.41, 5.74) is 3.13. The molecule has 4 aromatic rings. The van der Waals surface area contributed by atoms with Crippen LogP contribution in [0.5, 0.6) is 11.5 Å². The number of hydrogen-bond acceptors (Lipinski definition) is 5. The number of nitrogens with zero attached hydrogens (tertiary/aromatic N) is 3. The highest BCUT2D eigenvalue weighted by molar-refractivity contribution is 5.89. The molecule has 37 heavy (non-hydrogen) atoms. The lowest BCUT2D eigenvalue weighted by Gasteiger charge is -2.09. The second kappa shape index (κ2) is 11.5. The van der Waals surface area contributed by atoms with Gasteiger partial charge in [0.05, 0.1) is 12.8 Å². The molecule has 3 aromatic carbocycles. The summed E-state index contributed by atoms with van der Waals surface area (Å²) < 4.78 is 47.4. The molecule has 192 valence electrons. The van der Waals surface area contributed by atoms with Crippen LogP contribution in [-0.2, 0) is 6.42 Å². The Bertz CT molecular complexity index is 1310. The topological polar surface area (TPSA) is 90.3 Å². The summed E-state index contributed by atoms with van der Waals surface area (Å²) in [6.07, 6.45) is -1.71. The first-order valence-electron chi connectivity index (χ1n) is 11.4. The Morgan fingerprint density at radius 3 is 2.27 bits per heavy atom. The van der Waals surface area contributed by atoms with Crippen LogP contribution < -0.4 is 20.1 Å². The van der Waals surface area contributed by atoms with Gasteiger partial charge in [0, 0.05) is 17.8 Å². The van der Waals surface area contributed by atoms with Gasteiger partial charge in [-0.1, -0.05) is 24.3 Å². The number of rotatable bonds is 9. The number of benzene rings is 3. The summed E-state index contributed by atoms with van der Waals surface area (Å²) in [6.45, 7) is 0.516. The van der Waals surface area contributed by atoms with Crippen molar-refractivity contribution in [2.45, 2.75) is 19.2 Å². The number of nitrogens with one attached hydrogen (secondary N) is 2. The summed E-state index contributed by atoms with van der Waals surface area (Å²) in [5, 5.41) is 10.0. The molecule has 2 N–H and O–H groups in total. The molecule has 11 heteroatoms. The number of carbonyl (C=O) groups is 1. The van der Waals surface area contributed by atoms with Gasteiger partial charge >= 0.3 is 12.4 Å². The molecule has 0 saturated heterocycles. The molecule has 0 aliphatic rings. The van der Waals surface area contributed by atoms with Crippen molar-refractivity contribution in [1.82, 2.24) is 20.1 Å². The minimum Gasteiger partial charge on any atom is -0.497 e. The van der Waals surface area contributed by atoms with Crippen LogP contribution in [0.1, 0.15) is 12.0 Å². The quantitative estimate of drug-likeness (QED) is 0.286. The van der Waals surface area contributed by atoms with Crippen molar-refractivity contribution in [2.75, 3.05) is 19.0 Å². The van der Waals surface area contributed by atoms with E-state index in [9.17, 15) is 18.0 Å². The van der Waals surface area contributed by atoms with Gasteiger partial charge in [0.25, 0.3) is 0 Å². The number of aryl methyl sites for hydroxylation is 1. The van der Waals surface area contributed by atoms with Gasteiger partial charge < -0.3 is 20.1 Å². The Labute approximate surface area is 211 Å². The predicted octanol–water partition coefficient (Wildman–Crippen LogP) is 5.60. The van der Waals surface area contributed by atoms with Crippen LogP contribution in [0.2, 0.25) is 0 Å². The number of aromatic nitrogens is 3. The predicted molar refractivity (Wildman–Crippen MR) is 132 cm³/mol. The van der Waals surface area contributed by atoms with Gasteiger partial charge in [0.2, 0.25) is 0 Å². The molecule has 0 fully saturated rings. The van der Waals surface area contributed by atoms with E-state index in [4.69, 9.17) is 4.74 Å². The zero-order valence-electron chi connectivity index (χ0n) is 19.8. The smallest absolute Gasteiger partial charge is 0.497 e. The lowest BCUT2D eigenvalue weighted by molar-refractivity contribution is -0.274. The number of methoxy groups -OCH3 is 1. The van der Waals surface area contributed by atoms with Gasteiger partial charge in [-0.25, -0.2) is 14.5 Å². The average molecular weight is 512 g/mol. The minimum absolute atomic E-state index is 0.273. The molecule has 1 heterocycles. The molecule has 0 unspecified atom stereocenters. The van der Waals surface area contributed by atoms with Crippen molar-refractivity contribution in [3.63, 3.8) is 0 Å². The van der Waals surface area contributed by atoms with E-state index in [1.54, 1.807) is 31.4 Å². The molecule has 0 aliphatic carbocycles. The SMILES string of the molecule is COc1ccc(NC(=O)NCCCc2ccc(-c3ncn(-c4ccc(OC(F)(F)F)cc4)n3)cc2)cc1. The summed E-state index contributed by atoms with van der Waals surface area (Å²) in [6, 6.07) is 19.9. The number of carbonyl (C=O) groups excluding carboxylic acids is 1. The van der Waals surface area contributed by atoms with Gasteiger partial charge in [-0.3, -0.25) is 0 Å². The fourth-order valence-corrected chi connectivity index (χ4v) is 3.48. The van der Waals surface area contributed by atoms with Gasteiger partial charge in [0.1, 0.15) is 17.8 Å². The van der Waals surface area contributed by atoms with Crippen LogP contribution in [0, 0.1) is 0 Å². The van der Waals surface area contributed by atoms with E-state index in [1.165, 1.54) is 35.3 Å². The maximum atomic E-state index is 12.3. The fourth-order valence-electron chi connectivity index (χ4n) is 3.48. The second-order valence-electron chi connectivity index (χ2n) is 7.96. The van der Waals surface area contributed by atoms with E-state index in [0.29, 0.717) is 29.5 Å². The molecule has 0 aliphatic heterocycles. The second-order valence-corrected chi connectivity index (χ2v) is 7.96. The van der Waals surface area contributed by atoms with Crippen molar-refractivity contribution in [1.29, 1.82) is 0 Å². The van der Waals surface area contributed by atoms with E-state index in [2.05, 4.69) is 25.5 Å². The van der Waals surface area contributed by atoms with Crippen molar-refractivity contribution in [3.05, 3.63) is 84.7 Å². The monoisotopic (exact) mass is 511 g/mol. The molecule has 2 amide bonds. The lowest BCUT2D eigenvalue weighted by atomic mass is 10.1. The molecule has 0 spiro atoms. The van der Waals surface area contributed by atoms with Crippen molar-refractivity contribution in [2.24, 2.45) is 0 Å². The lowest BCUT2D eigenvalue weighted by Crippen LogP contribution is -2.29. The Hall–Kier alpha value is -4.54. The van der Waals surface area contributed by atoms with Crippen LogP contribution >= 0.6 is 0 Å². The first-order chi connectivity index (χ1) is 17.8. The molecule has 0 bridgehead atoms. The molecular formula is C26H24F3N5O3. The minimum atomic E-state index is -4.74. The molecular weight excluding hydrogens is 487 g/mol. The number of urea groups is 1. The zero-order chi connectivity index (χ0) is 26.3. The maximum Gasteiger partial charge on any atom is 0.573 e. The number of halogens is 3. The van der Waals surface area contributed by atoms with Crippen LogP contribution in [-0.4, -0.2) is 40.8 Å². The molecule has 0 atom stereocenters. The molecule has 0 radical (unpaired) electrons. The van der Waals surface area contributed by atoms with Crippen LogP contribution in [0.25, 0.3) is 17.1 Å². The summed E-state index contributed by atoms with van der Waals surface area (Å²) in [7, 11) is 1.58. The molecule has 8 nitrogen and oxygen atoms in total. The summed E-state index contributed by atoms with van der Waals surface area (Å²) in [5.74, 6) is 0.897. The first-order valence-corrected chi connectivity index (χ1v) is 11.4. The van der Waals surface area contributed by atoms with Gasteiger partial charge in [0.15, 0.2) is 5.82 Å². The Balaban J connectivity index is 1.24. The Morgan fingerprint density at radius 1 is 0.946 bits per heavy atom. The number of ether oxygens (including phenoxy) is 2. The molecule has 4 rings (SSSR count). The summed E-state index contributed by atoms with van der Waals surface area (Å²) in [4.78, 5) is 16.3. The van der Waals surface area contributed by atoms with E-state index >= 15 is 0 Å². The van der Waals surface area contributed by atoms with E-state index in [0.717, 1.165) is 24.0 Å². The molecule has 1 aromatic heterocycles. The highest BCUT2D eigenvalue weighted by Gasteiger charge is 2.31. The standard InChI is InChI=1S/C26H24F3N5O3/c1-36-22-12-8-20(9-13-22)32-25(35)30-16-2-3-18-4-6-19(7-5-18)24-31-17-34(33-24)21-10-14-23(15-11-21)37-26(27,28)29/h4-15,17H,2-3,16H2,1H3,(H2,30,32,35). The number of alkyl halides is 3. The normalized spacial score (nSPS) is 11.1. The van der Waals surface area contributed by atoms with Crippen LogP contribution in [0.4, 0.5) is 23.7 Å². The third-order valence-electron chi connectivity index (χ3n) is 5.31. The third-order valence-corrected chi connectivity index (χ3v) is 5.31. The van der Waals surface area contributed by atoms with Gasteiger partial charge in [-0.05, 0) is 66.9 Å². The molecule has 0 saturated carbocycles. The number of amides is 2. The van der Waals surface area contributed by atoms with E-state index < -0.39 is 6.36 Å². The maximum absolute atomic E-state index is 12.3. The van der Waals surface area contributed by atoms with E-state index in [1.807, 2.05) is 24.3 Å². The van der Waals surface area contributed by atoms with Crippen molar-refractivity contribution in [3.8, 4) is 28.6 Å². The third kappa shape index (κ3) is 7.47. The highest BCUT2D eigenvalue weighted by atomic mass is 19.4. The van der Waals surface area contributed by atoms with Gasteiger partial charge in [-0.15, -0.1) is 18.3 Å². The van der Waals surface area contributed by atoms with E-state index in [-0.39, 0.29) is 11.8 Å². The highest BCUT2D eigenvalue weighted by Crippen LogP contribution is 2.24. The Morgan fingerprint density at radius 2 is 1.62 bits per heavy atom. The van der Waals surface area contributed by atoms with Gasteiger partial charge in [-0.2, -0.15) is 0 Å². The van der Waals surface area contributed by atoms with Crippen molar-refractivity contribution < 1.29 is 27.4 Å². The Kier molecular flexibility index (Phi) is 7.92. The largest absolute Gasteiger partial charge is 0.573 e. The number of anilines is 1. The fraction of sp³-hybridized carbons (Fsp3) is 0.192. The van der Waals surface area contributed by atoms with Crippen LogP contribution in [0.15, 0.2) is 79.1 Å². The summed E-state index contributed by atoms with van der Waals surface area (Å²) >= 11 is 0. The average Bonchev–Trinajstić information content (AvgIpc) is 3.37. The van der Waals surface area contributed by atoms with Crippen molar-refractivity contribution >= 4 is 11.7 Å². The number of hydrogen-bond donors (Lipinski definition) is 2. The zero-order valence-corrected chi connectivity index (χ0v) is 19.8. The first kappa shape index (κ1) is 25.5. The van der Waals surface area contributed by atoms with Crippen LogP contribution in [0.3, 0.4) is 0 Å².